The Balaban J connectivity index is 1.99. The fourth-order valence-corrected chi connectivity index (χ4v) is 1.97. The Morgan fingerprint density at radius 2 is 2.32 bits per heavy atom. The van der Waals surface area contributed by atoms with Crippen LogP contribution in [0.25, 0.3) is 5.82 Å². The van der Waals surface area contributed by atoms with Gasteiger partial charge in [-0.25, -0.2) is 9.97 Å². The van der Waals surface area contributed by atoms with Crippen molar-refractivity contribution in [2.75, 3.05) is 11.1 Å². The van der Waals surface area contributed by atoms with Crippen molar-refractivity contribution in [2.24, 2.45) is 0 Å². The molecule has 3 rings (SSSR count). The topological polar surface area (TPSA) is 105 Å². The van der Waals surface area contributed by atoms with Gasteiger partial charge in [0.2, 0.25) is 0 Å². The fourth-order valence-electron chi connectivity index (χ4n) is 1.97. The molecule has 1 fully saturated rings. The van der Waals surface area contributed by atoms with E-state index in [0.29, 0.717) is 29.1 Å². The van der Waals surface area contributed by atoms with Crippen LogP contribution < -0.4 is 11.1 Å². The van der Waals surface area contributed by atoms with Gasteiger partial charge in [0.05, 0.1) is 0 Å². The van der Waals surface area contributed by atoms with Crippen LogP contribution in [-0.2, 0) is 0 Å². The van der Waals surface area contributed by atoms with E-state index in [0.717, 1.165) is 12.8 Å². The maximum absolute atomic E-state index is 9.21. The number of anilines is 2. The minimum Gasteiger partial charge on any atom is -0.382 e. The third-order valence-electron chi connectivity index (χ3n) is 3.26. The zero-order chi connectivity index (χ0) is 13.2. The fraction of sp³-hybridized carbons (Fsp3) is 0.333. The maximum atomic E-state index is 9.21. The minimum atomic E-state index is 0.294. The first-order valence-corrected chi connectivity index (χ1v) is 6.11. The van der Waals surface area contributed by atoms with Gasteiger partial charge in [-0.1, -0.05) is 0 Å². The first kappa shape index (κ1) is 11.5. The van der Waals surface area contributed by atoms with Crippen LogP contribution >= 0.6 is 0 Å². The van der Waals surface area contributed by atoms with E-state index < -0.39 is 0 Å². The summed E-state index contributed by atoms with van der Waals surface area (Å²) >= 11 is 0. The molecule has 96 valence electrons. The Kier molecular flexibility index (Phi) is 2.76. The predicted molar refractivity (Wildman–Crippen MR) is 69.5 cm³/mol. The summed E-state index contributed by atoms with van der Waals surface area (Å²) in [6.45, 7) is 0. The number of nitrogens with zero attached hydrogens (tertiary/aromatic N) is 5. The van der Waals surface area contributed by atoms with E-state index in [1.165, 1.54) is 17.4 Å². The lowest BCUT2D eigenvalue weighted by Crippen LogP contribution is -2.27. The monoisotopic (exact) mass is 255 g/mol. The van der Waals surface area contributed by atoms with Crippen LogP contribution in [0.1, 0.15) is 24.8 Å². The van der Waals surface area contributed by atoms with E-state index >= 15 is 0 Å². The van der Waals surface area contributed by atoms with Gasteiger partial charge in [0.15, 0.2) is 11.6 Å². The molecule has 0 amide bonds. The van der Waals surface area contributed by atoms with E-state index in [1.54, 1.807) is 12.3 Å². The molecule has 0 saturated heterocycles. The van der Waals surface area contributed by atoms with E-state index in [-0.39, 0.29) is 0 Å². The van der Waals surface area contributed by atoms with Gasteiger partial charge in [-0.2, -0.15) is 9.94 Å². The zero-order valence-electron chi connectivity index (χ0n) is 10.2. The van der Waals surface area contributed by atoms with Crippen molar-refractivity contribution in [3.05, 3.63) is 24.2 Å². The molecule has 0 bridgehead atoms. The molecule has 2 aromatic heterocycles. The molecule has 0 aromatic carbocycles. The van der Waals surface area contributed by atoms with Crippen LogP contribution in [0.2, 0.25) is 0 Å². The maximum Gasteiger partial charge on any atom is 0.169 e. The standard InChI is InChI=1S/C12H13N7/c13-6-9-11(14)19(10-4-5-15-7-16-10)18-12(9)17-8-2-1-3-8/h4-5,7-8H,1-3,14H2,(H,17,18). The molecular weight excluding hydrogens is 242 g/mol. The summed E-state index contributed by atoms with van der Waals surface area (Å²) in [4.78, 5) is 7.93. The van der Waals surface area contributed by atoms with Crippen LogP contribution in [0.4, 0.5) is 11.6 Å². The summed E-state index contributed by atoms with van der Waals surface area (Å²) in [6.07, 6.45) is 6.44. The number of nitrogen functional groups attached to an aromatic ring is 1. The molecule has 1 aliphatic rings. The minimum absolute atomic E-state index is 0.294. The van der Waals surface area contributed by atoms with Gasteiger partial charge >= 0.3 is 0 Å². The first-order valence-electron chi connectivity index (χ1n) is 6.11. The highest BCUT2D eigenvalue weighted by Gasteiger charge is 2.23. The summed E-state index contributed by atoms with van der Waals surface area (Å²) in [5.74, 6) is 1.37. The lowest BCUT2D eigenvalue weighted by atomic mass is 9.93. The molecule has 7 heteroatoms. The lowest BCUT2D eigenvalue weighted by Gasteiger charge is -2.26. The first-order chi connectivity index (χ1) is 9.29. The quantitative estimate of drug-likeness (QED) is 0.850. The molecule has 2 heterocycles. The van der Waals surface area contributed by atoms with Gasteiger partial charge in [-0.05, 0) is 19.3 Å². The number of rotatable bonds is 3. The van der Waals surface area contributed by atoms with Crippen molar-refractivity contribution in [3.8, 4) is 11.9 Å². The Morgan fingerprint density at radius 3 is 2.89 bits per heavy atom. The van der Waals surface area contributed by atoms with Crippen molar-refractivity contribution >= 4 is 11.6 Å². The molecular formula is C12H13N7. The summed E-state index contributed by atoms with van der Waals surface area (Å²) < 4.78 is 1.46. The highest BCUT2D eigenvalue weighted by atomic mass is 15.4. The van der Waals surface area contributed by atoms with E-state index in [4.69, 9.17) is 5.73 Å². The van der Waals surface area contributed by atoms with Crippen molar-refractivity contribution in [1.29, 1.82) is 5.26 Å². The van der Waals surface area contributed by atoms with Gasteiger partial charge in [-0.15, -0.1) is 5.10 Å². The third kappa shape index (κ3) is 1.97. The molecule has 19 heavy (non-hydrogen) atoms. The average Bonchev–Trinajstić information content (AvgIpc) is 2.71. The molecule has 1 aliphatic carbocycles. The number of aromatic nitrogens is 4. The third-order valence-corrected chi connectivity index (χ3v) is 3.26. The Morgan fingerprint density at radius 1 is 1.47 bits per heavy atom. The van der Waals surface area contributed by atoms with Crippen molar-refractivity contribution < 1.29 is 0 Å². The van der Waals surface area contributed by atoms with Crippen LogP contribution in [0.15, 0.2) is 18.6 Å². The molecule has 1 saturated carbocycles. The smallest absolute Gasteiger partial charge is 0.169 e. The molecule has 0 unspecified atom stereocenters. The van der Waals surface area contributed by atoms with E-state index in [1.807, 2.05) is 0 Å². The van der Waals surface area contributed by atoms with Crippen LogP contribution in [-0.4, -0.2) is 25.8 Å². The van der Waals surface area contributed by atoms with Crippen molar-refractivity contribution in [1.82, 2.24) is 19.7 Å². The molecule has 7 nitrogen and oxygen atoms in total. The molecule has 0 radical (unpaired) electrons. The number of nitriles is 1. The van der Waals surface area contributed by atoms with Gasteiger partial charge in [0.25, 0.3) is 0 Å². The highest BCUT2D eigenvalue weighted by molar-refractivity contribution is 5.65. The Hall–Kier alpha value is -2.62. The molecule has 2 aromatic rings. The number of nitrogens with one attached hydrogen (secondary N) is 1. The SMILES string of the molecule is N#Cc1c(NC2CCC2)nn(-c2ccncn2)c1N. The largest absolute Gasteiger partial charge is 0.382 e. The zero-order valence-corrected chi connectivity index (χ0v) is 10.2. The van der Waals surface area contributed by atoms with Crippen LogP contribution in [0.3, 0.4) is 0 Å². The second-order valence-electron chi connectivity index (χ2n) is 4.47. The summed E-state index contributed by atoms with van der Waals surface area (Å²) in [7, 11) is 0. The molecule has 3 N–H and O–H groups in total. The lowest BCUT2D eigenvalue weighted by molar-refractivity contribution is 0.444. The van der Waals surface area contributed by atoms with Crippen molar-refractivity contribution in [2.45, 2.75) is 25.3 Å². The number of nitrogens with two attached hydrogens (primary N) is 1. The van der Waals surface area contributed by atoms with Gasteiger partial charge in [0.1, 0.15) is 23.8 Å². The van der Waals surface area contributed by atoms with E-state index in [2.05, 4.69) is 26.5 Å². The molecule has 0 aliphatic heterocycles. The number of hydrogen-bond acceptors (Lipinski definition) is 6. The Bertz CT molecular complexity index is 622. The summed E-state index contributed by atoms with van der Waals surface area (Å²) in [5, 5.41) is 16.8. The van der Waals surface area contributed by atoms with Gasteiger partial charge in [0, 0.05) is 18.3 Å². The normalized spacial score (nSPS) is 14.7. The van der Waals surface area contributed by atoms with Crippen LogP contribution in [0, 0.1) is 11.3 Å². The second kappa shape index (κ2) is 4.57. The molecule has 0 spiro atoms. The van der Waals surface area contributed by atoms with Crippen LogP contribution in [0.5, 0.6) is 0 Å². The second-order valence-corrected chi connectivity index (χ2v) is 4.47. The Labute approximate surface area is 110 Å². The highest BCUT2D eigenvalue weighted by Crippen LogP contribution is 2.28. The van der Waals surface area contributed by atoms with Crippen molar-refractivity contribution in [3.63, 3.8) is 0 Å². The van der Waals surface area contributed by atoms with Gasteiger partial charge in [-0.3, -0.25) is 0 Å². The number of hydrogen-bond donors (Lipinski definition) is 2. The van der Waals surface area contributed by atoms with E-state index in [9.17, 15) is 5.26 Å². The predicted octanol–water partition coefficient (Wildman–Crippen LogP) is 1.08. The van der Waals surface area contributed by atoms with Gasteiger partial charge < -0.3 is 11.1 Å². The average molecular weight is 255 g/mol. The molecule has 0 atom stereocenters. The summed E-state index contributed by atoms with van der Waals surface area (Å²) in [6, 6.07) is 4.17. The summed E-state index contributed by atoms with van der Waals surface area (Å²) in [5.41, 5.74) is 6.33.